The molecule has 2 rings (SSSR count). The number of nitrogens with one attached hydrogen (secondary N) is 1. The van der Waals surface area contributed by atoms with Crippen molar-refractivity contribution in [2.45, 2.75) is 25.2 Å². The van der Waals surface area contributed by atoms with Gasteiger partial charge in [0.15, 0.2) is 0 Å². The van der Waals surface area contributed by atoms with E-state index in [0.717, 1.165) is 25.9 Å². The maximum Gasteiger partial charge on any atom is 0.233 e. The molecule has 1 aliphatic rings. The predicted molar refractivity (Wildman–Crippen MR) is 80.9 cm³/mol. The van der Waals surface area contributed by atoms with Crippen LogP contribution in [0.15, 0.2) is 24.3 Å². The number of amides is 1. The van der Waals surface area contributed by atoms with E-state index in [4.69, 9.17) is 0 Å². The van der Waals surface area contributed by atoms with Crippen LogP contribution >= 0.6 is 12.4 Å². The maximum atomic E-state index is 12.6. The van der Waals surface area contributed by atoms with Gasteiger partial charge in [0.1, 0.15) is 0 Å². The van der Waals surface area contributed by atoms with Crippen LogP contribution in [0, 0.1) is 6.92 Å². The van der Waals surface area contributed by atoms with Gasteiger partial charge in [-0.15, -0.1) is 12.4 Å². The zero-order valence-electron chi connectivity index (χ0n) is 11.9. The lowest BCUT2D eigenvalue weighted by Crippen LogP contribution is -2.40. The minimum Gasteiger partial charge on any atom is -0.344 e. The number of rotatable bonds is 5. The van der Waals surface area contributed by atoms with Crippen molar-refractivity contribution in [1.29, 1.82) is 0 Å². The summed E-state index contributed by atoms with van der Waals surface area (Å²) in [6.45, 7) is 3.70. The molecule has 106 valence electrons. The largest absolute Gasteiger partial charge is 0.344 e. The molecule has 0 aromatic heterocycles. The van der Waals surface area contributed by atoms with E-state index in [1.165, 1.54) is 11.1 Å². The Bertz CT molecular complexity index is 444. The second-order valence-electron chi connectivity index (χ2n) is 5.23. The second kappa shape index (κ2) is 6.40. The summed E-state index contributed by atoms with van der Waals surface area (Å²) in [5, 5.41) is 3.08. The van der Waals surface area contributed by atoms with E-state index in [1.54, 1.807) is 0 Å². The van der Waals surface area contributed by atoms with Crippen LogP contribution in [0.4, 0.5) is 0 Å². The average Bonchev–Trinajstić information content (AvgIpc) is 3.17. The third kappa shape index (κ3) is 3.10. The smallest absolute Gasteiger partial charge is 0.233 e. The van der Waals surface area contributed by atoms with Crippen molar-refractivity contribution in [2.75, 3.05) is 27.2 Å². The lowest BCUT2D eigenvalue weighted by Gasteiger charge is -2.25. The van der Waals surface area contributed by atoms with E-state index < -0.39 is 0 Å². The Kier molecular flexibility index (Phi) is 5.39. The van der Waals surface area contributed by atoms with E-state index in [2.05, 4.69) is 24.4 Å². The summed E-state index contributed by atoms with van der Waals surface area (Å²) in [5.74, 6) is 0.270. The van der Waals surface area contributed by atoms with Crippen molar-refractivity contribution in [3.8, 4) is 0 Å². The third-order valence-corrected chi connectivity index (χ3v) is 3.86. The standard InChI is InChI=1S/C15H22N2O.ClH/c1-12-6-4-5-7-13(12)15(8-9-15)14(18)17(3)11-10-16-2;/h4-7,16H,8-11H2,1-3H3;1H. The average molecular weight is 283 g/mol. The van der Waals surface area contributed by atoms with Crippen molar-refractivity contribution in [2.24, 2.45) is 0 Å². The van der Waals surface area contributed by atoms with Gasteiger partial charge >= 0.3 is 0 Å². The van der Waals surface area contributed by atoms with E-state index >= 15 is 0 Å². The fourth-order valence-corrected chi connectivity index (χ4v) is 2.58. The third-order valence-electron chi connectivity index (χ3n) is 3.86. The summed E-state index contributed by atoms with van der Waals surface area (Å²) < 4.78 is 0. The molecule has 0 unspecified atom stereocenters. The van der Waals surface area contributed by atoms with E-state index in [0.29, 0.717) is 0 Å². The van der Waals surface area contributed by atoms with E-state index in [-0.39, 0.29) is 23.7 Å². The first kappa shape index (κ1) is 16.0. The Morgan fingerprint density at radius 2 is 2.00 bits per heavy atom. The van der Waals surface area contributed by atoms with Crippen LogP contribution in [0.5, 0.6) is 0 Å². The van der Waals surface area contributed by atoms with Gasteiger partial charge in [-0.1, -0.05) is 24.3 Å². The van der Waals surface area contributed by atoms with Gasteiger partial charge in [0.2, 0.25) is 5.91 Å². The zero-order chi connectivity index (χ0) is 13.2. The number of hydrogen-bond acceptors (Lipinski definition) is 2. The maximum absolute atomic E-state index is 12.6. The van der Waals surface area contributed by atoms with E-state index in [9.17, 15) is 4.79 Å². The van der Waals surface area contributed by atoms with Crippen molar-refractivity contribution in [3.63, 3.8) is 0 Å². The molecule has 1 aromatic carbocycles. The molecule has 0 radical (unpaired) electrons. The Hall–Kier alpha value is -1.06. The Morgan fingerprint density at radius 3 is 2.53 bits per heavy atom. The molecule has 0 spiro atoms. The first-order valence-electron chi connectivity index (χ1n) is 6.58. The lowest BCUT2D eigenvalue weighted by molar-refractivity contribution is -0.132. The van der Waals surface area contributed by atoms with Crippen LogP contribution in [-0.2, 0) is 10.2 Å². The number of carbonyl (C=O) groups excluding carboxylic acids is 1. The number of carbonyl (C=O) groups is 1. The molecule has 1 aromatic rings. The molecule has 0 atom stereocenters. The molecule has 4 heteroatoms. The summed E-state index contributed by atoms with van der Waals surface area (Å²) in [4.78, 5) is 14.4. The second-order valence-corrected chi connectivity index (χ2v) is 5.23. The minimum atomic E-state index is -0.228. The molecule has 1 N–H and O–H groups in total. The van der Waals surface area contributed by atoms with Crippen LogP contribution in [0.3, 0.4) is 0 Å². The van der Waals surface area contributed by atoms with Crippen LogP contribution in [0.25, 0.3) is 0 Å². The fourth-order valence-electron chi connectivity index (χ4n) is 2.58. The number of nitrogens with zero attached hydrogens (tertiary/aromatic N) is 1. The van der Waals surface area contributed by atoms with Crippen LogP contribution < -0.4 is 5.32 Å². The van der Waals surface area contributed by atoms with Gasteiger partial charge in [-0.2, -0.15) is 0 Å². The highest BCUT2D eigenvalue weighted by Gasteiger charge is 2.52. The highest BCUT2D eigenvalue weighted by atomic mass is 35.5. The van der Waals surface area contributed by atoms with Crippen molar-refractivity contribution in [1.82, 2.24) is 10.2 Å². The van der Waals surface area contributed by atoms with Crippen LogP contribution in [0.1, 0.15) is 24.0 Å². The summed E-state index contributed by atoms with van der Waals surface area (Å²) in [6, 6.07) is 8.26. The molecule has 1 amide bonds. The van der Waals surface area contributed by atoms with Gasteiger partial charge in [0.05, 0.1) is 5.41 Å². The molecule has 0 heterocycles. The van der Waals surface area contributed by atoms with Crippen molar-refractivity contribution >= 4 is 18.3 Å². The van der Waals surface area contributed by atoms with Crippen LogP contribution in [0.2, 0.25) is 0 Å². The number of likely N-dealkylation sites (N-methyl/N-ethyl adjacent to an activating group) is 2. The number of halogens is 1. The molecular formula is C15H23ClN2O. The van der Waals surface area contributed by atoms with Crippen molar-refractivity contribution in [3.05, 3.63) is 35.4 Å². The number of benzene rings is 1. The van der Waals surface area contributed by atoms with Gasteiger partial charge in [0.25, 0.3) is 0 Å². The fraction of sp³-hybridized carbons (Fsp3) is 0.533. The lowest BCUT2D eigenvalue weighted by atomic mass is 9.90. The van der Waals surface area contributed by atoms with Crippen LogP contribution in [-0.4, -0.2) is 38.0 Å². The topological polar surface area (TPSA) is 32.3 Å². The monoisotopic (exact) mass is 282 g/mol. The first-order chi connectivity index (χ1) is 8.62. The van der Waals surface area contributed by atoms with Crippen molar-refractivity contribution < 1.29 is 4.79 Å². The Morgan fingerprint density at radius 1 is 1.37 bits per heavy atom. The summed E-state index contributed by atoms with van der Waals surface area (Å²) in [6.07, 6.45) is 1.97. The molecule has 19 heavy (non-hydrogen) atoms. The Balaban J connectivity index is 0.00000180. The number of hydrogen-bond donors (Lipinski definition) is 1. The molecule has 1 saturated carbocycles. The highest BCUT2D eigenvalue weighted by molar-refractivity contribution is 5.91. The molecular weight excluding hydrogens is 260 g/mol. The number of aryl methyl sites for hydroxylation is 1. The SMILES string of the molecule is CNCCN(C)C(=O)C1(c2ccccc2C)CC1.Cl. The van der Waals surface area contributed by atoms with Gasteiger partial charge in [-0.05, 0) is 37.9 Å². The molecule has 0 bridgehead atoms. The highest BCUT2D eigenvalue weighted by Crippen LogP contribution is 2.50. The quantitative estimate of drug-likeness (QED) is 0.897. The van der Waals surface area contributed by atoms with Gasteiger partial charge in [-0.25, -0.2) is 0 Å². The zero-order valence-corrected chi connectivity index (χ0v) is 12.7. The summed E-state index contributed by atoms with van der Waals surface area (Å²) >= 11 is 0. The molecule has 3 nitrogen and oxygen atoms in total. The predicted octanol–water partition coefficient (Wildman–Crippen LogP) is 2.13. The molecule has 1 aliphatic carbocycles. The molecule has 0 aliphatic heterocycles. The van der Waals surface area contributed by atoms with E-state index in [1.807, 2.05) is 31.1 Å². The normalized spacial score (nSPS) is 15.5. The summed E-state index contributed by atoms with van der Waals surface area (Å²) in [7, 11) is 3.81. The summed E-state index contributed by atoms with van der Waals surface area (Å²) in [5.41, 5.74) is 2.21. The molecule has 0 saturated heterocycles. The van der Waals surface area contributed by atoms with Gasteiger partial charge < -0.3 is 10.2 Å². The first-order valence-corrected chi connectivity index (χ1v) is 6.58. The molecule has 1 fully saturated rings. The van der Waals surface area contributed by atoms with Gasteiger partial charge in [0, 0.05) is 20.1 Å². The minimum absolute atomic E-state index is 0. The van der Waals surface area contributed by atoms with Gasteiger partial charge in [-0.3, -0.25) is 4.79 Å². The Labute approximate surface area is 121 Å².